The van der Waals surface area contributed by atoms with Gasteiger partial charge in [-0.3, -0.25) is 9.59 Å². The van der Waals surface area contributed by atoms with Crippen molar-refractivity contribution in [2.24, 2.45) is 0 Å². The normalized spacial score (nSPS) is 10.5. The number of amides is 2. The molecule has 0 radical (unpaired) electrons. The molecule has 0 fully saturated rings. The van der Waals surface area contributed by atoms with E-state index in [0.29, 0.717) is 6.54 Å². The third kappa shape index (κ3) is 4.91. The van der Waals surface area contributed by atoms with Crippen molar-refractivity contribution in [3.63, 3.8) is 0 Å². The van der Waals surface area contributed by atoms with E-state index in [2.05, 4.69) is 24.8 Å². The fourth-order valence-corrected chi connectivity index (χ4v) is 3.43. The van der Waals surface area contributed by atoms with Gasteiger partial charge in [0, 0.05) is 43.6 Å². The van der Waals surface area contributed by atoms with Crippen molar-refractivity contribution in [1.82, 2.24) is 0 Å². The van der Waals surface area contributed by atoms with Crippen LogP contribution in [-0.4, -0.2) is 38.0 Å². The fraction of sp³-hybridized carbons (Fsp3) is 0.391. The average molecular weight is 382 g/mol. The third-order valence-electron chi connectivity index (χ3n) is 4.96. The summed E-state index contributed by atoms with van der Waals surface area (Å²) in [7, 11) is 0. The number of aryl methyl sites for hydroxylation is 1. The Hall–Kier alpha value is -2.82. The first-order valence-electron chi connectivity index (χ1n) is 9.91. The van der Waals surface area contributed by atoms with E-state index in [0.717, 1.165) is 35.7 Å². The molecule has 0 aliphatic heterocycles. The summed E-state index contributed by atoms with van der Waals surface area (Å²) in [6.45, 7) is 12.1. The Labute approximate surface area is 168 Å². The fourth-order valence-electron chi connectivity index (χ4n) is 3.43. The van der Waals surface area contributed by atoms with E-state index in [1.54, 1.807) is 9.80 Å². The second kappa shape index (κ2) is 9.93. The summed E-state index contributed by atoms with van der Waals surface area (Å²) in [4.78, 5) is 30.8. The van der Waals surface area contributed by atoms with Crippen LogP contribution >= 0.6 is 0 Å². The Bertz CT molecular complexity index is 801. The number of para-hydroxylation sites is 1. The van der Waals surface area contributed by atoms with Gasteiger partial charge in [0.15, 0.2) is 0 Å². The second-order valence-electron chi connectivity index (χ2n) is 6.72. The highest BCUT2D eigenvalue weighted by molar-refractivity contribution is 6.03. The number of nitrogens with zero attached hydrogens (tertiary/aromatic N) is 3. The summed E-state index contributed by atoms with van der Waals surface area (Å²) in [5.74, 6) is -0.243. The molecule has 0 atom stereocenters. The molecule has 5 heteroatoms. The van der Waals surface area contributed by atoms with Crippen LogP contribution in [0.2, 0.25) is 0 Å². The van der Waals surface area contributed by atoms with Gasteiger partial charge in [-0.25, -0.2) is 0 Å². The van der Waals surface area contributed by atoms with Gasteiger partial charge in [-0.2, -0.15) is 0 Å². The summed E-state index contributed by atoms with van der Waals surface area (Å²) < 4.78 is 0. The summed E-state index contributed by atoms with van der Waals surface area (Å²) in [5, 5.41) is 0. The van der Waals surface area contributed by atoms with E-state index in [1.165, 1.54) is 6.92 Å². The van der Waals surface area contributed by atoms with Crippen molar-refractivity contribution < 1.29 is 9.59 Å². The predicted octanol–water partition coefficient (Wildman–Crippen LogP) is 4.25. The van der Waals surface area contributed by atoms with E-state index in [1.807, 2.05) is 56.3 Å². The number of anilines is 3. The number of benzene rings is 2. The number of likely N-dealkylation sites (N-methyl/N-ethyl adjacent to an activating group) is 1. The first-order chi connectivity index (χ1) is 13.4. The van der Waals surface area contributed by atoms with Gasteiger partial charge in [0.1, 0.15) is 6.54 Å². The van der Waals surface area contributed by atoms with E-state index in [9.17, 15) is 9.59 Å². The zero-order valence-electron chi connectivity index (χ0n) is 17.6. The summed E-state index contributed by atoms with van der Waals surface area (Å²) >= 11 is 0. The maximum atomic E-state index is 13.0. The zero-order valence-corrected chi connectivity index (χ0v) is 17.6. The monoisotopic (exact) mass is 381 g/mol. The summed E-state index contributed by atoms with van der Waals surface area (Å²) in [6, 6.07) is 15.6. The molecule has 2 aromatic rings. The zero-order chi connectivity index (χ0) is 20.7. The highest BCUT2D eigenvalue weighted by Crippen LogP contribution is 2.26. The largest absolute Gasteiger partial charge is 0.372 e. The van der Waals surface area contributed by atoms with Crippen LogP contribution in [0, 0.1) is 6.92 Å². The molecule has 2 amide bonds. The molecule has 0 aliphatic rings. The van der Waals surface area contributed by atoms with Gasteiger partial charge >= 0.3 is 0 Å². The van der Waals surface area contributed by atoms with Gasteiger partial charge in [-0.15, -0.1) is 0 Å². The lowest BCUT2D eigenvalue weighted by Crippen LogP contribution is -2.42. The SMILES string of the molecule is CCN(CC)c1ccc(N(CC(=O)N(CC)c2ccccc2)C(C)=O)c(C)c1. The van der Waals surface area contributed by atoms with Crippen molar-refractivity contribution in [1.29, 1.82) is 0 Å². The molecule has 28 heavy (non-hydrogen) atoms. The van der Waals surface area contributed by atoms with Crippen molar-refractivity contribution in [2.45, 2.75) is 34.6 Å². The Morgan fingerprint density at radius 3 is 1.96 bits per heavy atom. The third-order valence-corrected chi connectivity index (χ3v) is 4.96. The van der Waals surface area contributed by atoms with Crippen LogP contribution < -0.4 is 14.7 Å². The highest BCUT2D eigenvalue weighted by atomic mass is 16.2. The average Bonchev–Trinajstić information content (AvgIpc) is 2.69. The van der Waals surface area contributed by atoms with E-state index in [4.69, 9.17) is 0 Å². The minimum atomic E-state index is -0.142. The number of carbonyl (C=O) groups is 2. The van der Waals surface area contributed by atoms with Crippen molar-refractivity contribution >= 4 is 28.9 Å². The second-order valence-corrected chi connectivity index (χ2v) is 6.72. The molecule has 0 heterocycles. The first-order valence-corrected chi connectivity index (χ1v) is 9.91. The smallest absolute Gasteiger partial charge is 0.247 e. The van der Waals surface area contributed by atoms with Crippen molar-refractivity contribution in [3.8, 4) is 0 Å². The molecule has 0 aromatic heterocycles. The molecule has 0 saturated heterocycles. The Balaban J connectivity index is 2.28. The van der Waals surface area contributed by atoms with E-state index < -0.39 is 0 Å². The van der Waals surface area contributed by atoms with Crippen molar-refractivity contribution in [3.05, 3.63) is 54.1 Å². The van der Waals surface area contributed by atoms with Gasteiger partial charge in [0.25, 0.3) is 0 Å². The van der Waals surface area contributed by atoms with Gasteiger partial charge in [0.05, 0.1) is 0 Å². The van der Waals surface area contributed by atoms with Gasteiger partial charge in [-0.05, 0) is 63.6 Å². The molecular formula is C23H31N3O2. The van der Waals surface area contributed by atoms with E-state index in [-0.39, 0.29) is 18.4 Å². The summed E-state index contributed by atoms with van der Waals surface area (Å²) in [5.41, 5.74) is 3.73. The predicted molar refractivity (Wildman–Crippen MR) is 117 cm³/mol. The first kappa shape index (κ1) is 21.5. The van der Waals surface area contributed by atoms with E-state index >= 15 is 0 Å². The minimum absolute atomic E-state index is 0.0174. The van der Waals surface area contributed by atoms with Crippen LogP contribution in [0.4, 0.5) is 17.1 Å². The topological polar surface area (TPSA) is 43.9 Å². The molecule has 2 aromatic carbocycles. The van der Waals surface area contributed by atoms with Gasteiger partial charge in [-0.1, -0.05) is 18.2 Å². The lowest BCUT2D eigenvalue weighted by Gasteiger charge is -2.28. The quantitative estimate of drug-likeness (QED) is 0.687. The molecule has 0 unspecified atom stereocenters. The number of carbonyl (C=O) groups excluding carboxylic acids is 2. The van der Waals surface area contributed by atoms with Gasteiger partial charge < -0.3 is 14.7 Å². The molecule has 5 nitrogen and oxygen atoms in total. The molecule has 0 N–H and O–H groups in total. The molecule has 0 saturated carbocycles. The lowest BCUT2D eigenvalue weighted by molar-refractivity contribution is -0.121. The Kier molecular flexibility index (Phi) is 7.61. The molecule has 0 bridgehead atoms. The number of hydrogen-bond acceptors (Lipinski definition) is 3. The Morgan fingerprint density at radius 1 is 0.821 bits per heavy atom. The van der Waals surface area contributed by atoms with Crippen LogP contribution in [0.15, 0.2) is 48.5 Å². The lowest BCUT2D eigenvalue weighted by atomic mass is 10.1. The van der Waals surface area contributed by atoms with Gasteiger partial charge in [0.2, 0.25) is 11.8 Å². The molecule has 0 aliphatic carbocycles. The van der Waals surface area contributed by atoms with Crippen LogP contribution in [-0.2, 0) is 9.59 Å². The molecule has 150 valence electrons. The Morgan fingerprint density at radius 2 is 1.46 bits per heavy atom. The summed E-state index contributed by atoms with van der Waals surface area (Å²) in [6.07, 6.45) is 0. The standard InChI is InChI=1S/C23H31N3O2/c1-6-24(7-2)21-14-15-22(18(4)16-21)26(19(5)27)17-23(28)25(8-3)20-12-10-9-11-13-20/h9-16H,6-8,17H2,1-5H3. The van der Waals surface area contributed by atoms with Crippen LogP contribution in [0.25, 0.3) is 0 Å². The van der Waals surface area contributed by atoms with Crippen LogP contribution in [0.1, 0.15) is 33.3 Å². The molecular weight excluding hydrogens is 350 g/mol. The van der Waals surface area contributed by atoms with Crippen LogP contribution in [0.3, 0.4) is 0 Å². The molecule has 2 rings (SSSR count). The maximum Gasteiger partial charge on any atom is 0.247 e. The number of rotatable bonds is 8. The minimum Gasteiger partial charge on any atom is -0.372 e. The number of hydrogen-bond donors (Lipinski definition) is 0. The maximum absolute atomic E-state index is 13.0. The van der Waals surface area contributed by atoms with Crippen LogP contribution in [0.5, 0.6) is 0 Å². The highest BCUT2D eigenvalue weighted by Gasteiger charge is 2.22. The molecule has 0 spiro atoms. The van der Waals surface area contributed by atoms with Crippen molar-refractivity contribution in [2.75, 3.05) is 40.9 Å².